The number of hydrogen-bond donors (Lipinski definition) is 3. The molecule has 0 spiro atoms. The monoisotopic (exact) mass is 1140 g/mol. The second-order valence-corrected chi connectivity index (χ2v) is 24.9. The third kappa shape index (κ3) is 53.2. The number of esters is 4. The number of rotatable bonds is 57. The smallest absolute Gasteiger partial charge is 0.462 e. The van der Waals surface area contributed by atoms with E-state index in [2.05, 4.69) is 41.5 Å². The predicted octanol–water partition coefficient (Wildman–Crippen LogP) is 15.3. The van der Waals surface area contributed by atoms with Gasteiger partial charge in [0.05, 0.1) is 26.4 Å². The molecule has 0 aromatic carbocycles. The lowest BCUT2D eigenvalue weighted by atomic mass is 10.0. The second kappa shape index (κ2) is 51.0. The summed E-state index contributed by atoms with van der Waals surface area (Å²) in [4.78, 5) is 71.8. The van der Waals surface area contributed by atoms with Crippen molar-refractivity contribution in [1.29, 1.82) is 0 Å². The van der Waals surface area contributed by atoms with Gasteiger partial charge in [0.1, 0.15) is 19.3 Å². The van der Waals surface area contributed by atoms with Crippen molar-refractivity contribution in [2.45, 2.75) is 297 Å². The van der Waals surface area contributed by atoms with Gasteiger partial charge >= 0.3 is 39.5 Å². The summed E-state index contributed by atoms with van der Waals surface area (Å²) in [6.45, 7) is 9.24. The van der Waals surface area contributed by atoms with Gasteiger partial charge in [-0.3, -0.25) is 37.3 Å². The highest BCUT2D eigenvalue weighted by Gasteiger charge is 2.30. The zero-order valence-electron chi connectivity index (χ0n) is 49.2. The van der Waals surface area contributed by atoms with Crippen molar-refractivity contribution in [3.63, 3.8) is 0 Å². The molecule has 0 aromatic heterocycles. The van der Waals surface area contributed by atoms with E-state index in [9.17, 15) is 43.2 Å². The molecule has 0 rings (SSSR count). The minimum atomic E-state index is -4.94. The first-order valence-corrected chi connectivity index (χ1v) is 33.5. The highest BCUT2D eigenvalue weighted by Crippen LogP contribution is 2.45. The molecule has 77 heavy (non-hydrogen) atoms. The van der Waals surface area contributed by atoms with Crippen molar-refractivity contribution < 1.29 is 80.2 Å². The number of hydrogen-bond acceptors (Lipinski definition) is 15. The van der Waals surface area contributed by atoms with Gasteiger partial charge in [0.25, 0.3) is 0 Å². The van der Waals surface area contributed by atoms with Crippen LogP contribution in [0, 0.1) is 11.8 Å². The van der Waals surface area contributed by atoms with Crippen LogP contribution in [0.3, 0.4) is 0 Å². The van der Waals surface area contributed by atoms with Gasteiger partial charge in [0.2, 0.25) is 0 Å². The Kier molecular flexibility index (Phi) is 49.7. The molecular formula is C58H112O17P2. The van der Waals surface area contributed by atoms with E-state index in [1.807, 2.05) is 0 Å². The fourth-order valence-electron chi connectivity index (χ4n) is 8.47. The Hall–Kier alpha value is -1.94. The van der Waals surface area contributed by atoms with Crippen molar-refractivity contribution in [3.05, 3.63) is 0 Å². The summed E-state index contributed by atoms with van der Waals surface area (Å²) in [6.07, 6.45) is 31.0. The molecule has 0 saturated heterocycles. The Morgan fingerprint density at radius 3 is 0.883 bits per heavy atom. The van der Waals surface area contributed by atoms with Gasteiger partial charge in [-0.25, -0.2) is 9.13 Å². The van der Waals surface area contributed by atoms with Gasteiger partial charge in [-0.1, -0.05) is 228 Å². The molecular weight excluding hydrogens is 1030 g/mol. The molecule has 0 radical (unpaired) electrons. The predicted molar refractivity (Wildman–Crippen MR) is 303 cm³/mol. The molecule has 5 atom stereocenters. The first-order valence-electron chi connectivity index (χ1n) is 30.5. The number of aliphatic hydroxyl groups is 1. The Morgan fingerprint density at radius 2 is 0.597 bits per heavy atom. The zero-order valence-corrected chi connectivity index (χ0v) is 51.0. The van der Waals surface area contributed by atoms with Gasteiger partial charge in [0, 0.05) is 25.7 Å². The van der Waals surface area contributed by atoms with Crippen molar-refractivity contribution in [2.24, 2.45) is 11.8 Å². The quantitative estimate of drug-likeness (QED) is 0.0222. The maximum Gasteiger partial charge on any atom is 0.472 e. The molecule has 0 aromatic rings. The fourth-order valence-corrected chi connectivity index (χ4v) is 10.0. The standard InChI is InChI=1S/C58H112O17P2/c1-7-9-11-13-15-17-18-19-21-30-36-42-57(62)74-53(47-69-56(61)41-35-29-24-22-26-32-38-50(3)4)48-72-76(64,65)70-44-52(59)45-71-77(66,67)73-49-54(46-68-55(60)40-34-28-20-16-14-12-10-8-2)75-58(63)43-37-31-25-23-27-33-39-51(5)6/h50-54,59H,7-49H2,1-6H3,(H,64,65)(H,66,67)/t52-,53-,54-/m1/s1. The molecule has 0 heterocycles. The van der Waals surface area contributed by atoms with E-state index in [-0.39, 0.29) is 25.7 Å². The van der Waals surface area contributed by atoms with Gasteiger partial charge < -0.3 is 33.8 Å². The molecule has 456 valence electrons. The number of phosphoric acid groups is 2. The highest BCUT2D eigenvalue weighted by molar-refractivity contribution is 7.47. The maximum atomic E-state index is 12.9. The van der Waals surface area contributed by atoms with Crippen LogP contribution >= 0.6 is 15.6 Å². The molecule has 2 unspecified atom stereocenters. The van der Waals surface area contributed by atoms with Crippen LogP contribution in [-0.4, -0.2) is 96.7 Å². The van der Waals surface area contributed by atoms with Gasteiger partial charge in [0.15, 0.2) is 12.2 Å². The Bertz CT molecular complexity index is 1530. The zero-order chi connectivity index (χ0) is 57.3. The van der Waals surface area contributed by atoms with Crippen LogP contribution in [0.1, 0.15) is 279 Å². The molecule has 0 bridgehead atoms. The minimum absolute atomic E-state index is 0.102. The van der Waals surface area contributed by atoms with Crippen molar-refractivity contribution >= 4 is 39.5 Å². The number of phosphoric ester groups is 2. The van der Waals surface area contributed by atoms with E-state index in [1.54, 1.807) is 0 Å². The minimum Gasteiger partial charge on any atom is -0.462 e. The van der Waals surface area contributed by atoms with Crippen LogP contribution in [0.25, 0.3) is 0 Å². The molecule has 0 aliphatic heterocycles. The second-order valence-electron chi connectivity index (χ2n) is 22.0. The average Bonchev–Trinajstić information content (AvgIpc) is 3.38. The van der Waals surface area contributed by atoms with E-state index >= 15 is 0 Å². The average molecular weight is 1140 g/mol. The van der Waals surface area contributed by atoms with Crippen LogP contribution in [0.5, 0.6) is 0 Å². The Morgan fingerprint density at radius 1 is 0.351 bits per heavy atom. The summed E-state index contributed by atoms with van der Waals surface area (Å²) in [5, 5.41) is 10.5. The summed E-state index contributed by atoms with van der Waals surface area (Å²) in [5.74, 6) is -0.801. The van der Waals surface area contributed by atoms with Gasteiger partial charge in [-0.05, 0) is 37.5 Å². The lowest BCUT2D eigenvalue weighted by Gasteiger charge is -2.21. The van der Waals surface area contributed by atoms with Crippen molar-refractivity contribution in [2.75, 3.05) is 39.6 Å². The summed E-state index contributed by atoms with van der Waals surface area (Å²) >= 11 is 0. The van der Waals surface area contributed by atoms with Crippen LogP contribution in [0.4, 0.5) is 0 Å². The number of unbranched alkanes of at least 4 members (excludes halogenated alkanes) is 27. The summed E-state index contributed by atoms with van der Waals surface area (Å²) in [6, 6.07) is 0. The summed E-state index contributed by atoms with van der Waals surface area (Å²) in [5.41, 5.74) is 0. The van der Waals surface area contributed by atoms with Crippen LogP contribution in [0.15, 0.2) is 0 Å². The molecule has 0 saturated carbocycles. The molecule has 0 aliphatic carbocycles. The topological polar surface area (TPSA) is 237 Å². The van der Waals surface area contributed by atoms with Gasteiger partial charge in [-0.2, -0.15) is 0 Å². The Balaban J connectivity index is 5.22. The Labute approximate surface area is 467 Å². The lowest BCUT2D eigenvalue weighted by Crippen LogP contribution is -2.30. The van der Waals surface area contributed by atoms with Crippen molar-refractivity contribution in [1.82, 2.24) is 0 Å². The molecule has 3 N–H and O–H groups in total. The van der Waals surface area contributed by atoms with E-state index in [0.717, 1.165) is 103 Å². The third-order valence-corrected chi connectivity index (χ3v) is 15.1. The highest BCUT2D eigenvalue weighted by atomic mass is 31.2. The molecule has 0 amide bonds. The molecule has 19 heteroatoms. The van der Waals surface area contributed by atoms with E-state index in [0.29, 0.717) is 37.5 Å². The number of ether oxygens (including phenoxy) is 4. The largest absolute Gasteiger partial charge is 0.472 e. The normalized spacial score (nSPS) is 14.5. The fraction of sp³-hybridized carbons (Fsp3) is 0.931. The van der Waals surface area contributed by atoms with Crippen LogP contribution in [-0.2, 0) is 65.4 Å². The van der Waals surface area contributed by atoms with E-state index in [4.69, 9.17) is 37.0 Å². The first-order chi connectivity index (χ1) is 36.9. The maximum absolute atomic E-state index is 12.9. The summed E-state index contributed by atoms with van der Waals surface area (Å²) in [7, 11) is -9.87. The molecule has 17 nitrogen and oxygen atoms in total. The number of carbonyl (C=O) groups is 4. The molecule has 0 fully saturated rings. The van der Waals surface area contributed by atoms with Crippen molar-refractivity contribution in [3.8, 4) is 0 Å². The van der Waals surface area contributed by atoms with E-state index in [1.165, 1.54) is 83.5 Å². The van der Waals surface area contributed by atoms with Gasteiger partial charge in [-0.15, -0.1) is 0 Å². The lowest BCUT2D eigenvalue weighted by molar-refractivity contribution is -0.161. The first kappa shape index (κ1) is 75.1. The summed E-state index contributed by atoms with van der Waals surface area (Å²) < 4.78 is 67.6. The van der Waals surface area contributed by atoms with Crippen LogP contribution < -0.4 is 0 Å². The van der Waals surface area contributed by atoms with E-state index < -0.39 is 97.5 Å². The van der Waals surface area contributed by atoms with Crippen LogP contribution in [0.2, 0.25) is 0 Å². The number of aliphatic hydroxyl groups excluding tert-OH is 1. The molecule has 0 aliphatic rings. The SMILES string of the molecule is CCCCCCCCCCCCCC(=O)O[C@H](COC(=O)CCCCCCCCC(C)C)COP(=O)(O)OC[C@@H](O)COP(=O)(O)OC[C@@H](COC(=O)CCCCCCCCCC)OC(=O)CCCCCCCCC(C)C. The number of carbonyl (C=O) groups excluding carboxylic acids is 4. The third-order valence-electron chi connectivity index (χ3n) is 13.2.